The van der Waals surface area contributed by atoms with Crippen LogP contribution in [-0.2, 0) is 25.6 Å². The minimum Gasteiger partial charge on any atom is -0.480 e. The third-order valence-electron chi connectivity index (χ3n) is 4.92. The average Bonchev–Trinajstić information content (AvgIpc) is 3.26. The first-order valence-corrected chi connectivity index (χ1v) is 11.9. The molecule has 33 heavy (non-hydrogen) atoms. The molecule has 0 radical (unpaired) electrons. The number of thioether (sulfide) groups is 1. The average molecular weight is 487 g/mol. The van der Waals surface area contributed by atoms with Crippen molar-refractivity contribution in [1.29, 1.82) is 0 Å². The first-order valence-electron chi connectivity index (χ1n) is 10.5. The van der Waals surface area contributed by atoms with Crippen molar-refractivity contribution in [3.8, 4) is 0 Å². The normalized spacial score (nSPS) is 15.7. The molecule has 0 aliphatic heterocycles. The summed E-state index contributed by atoms with van der Waals surface area (Å²) in [7, 11) is 0. The van der Waals surface area contributed by atoms with E-state index in [9.17, 15) is 29.4 Å². The molecule has 0 fully saturated rings. The summed E-state index contributed by atoms with van der Waals surface area (Å²) < 4.78 is 0. The van der Waals surface area contributed by atoms with Gasteiger partial charge in [0.25, 0.3) is 0 Å². The van der Waals surface area contributed by atoms with Crippen LogP contribution in [0.4, 0.5) is 0 Å². The van der Waals surface area contributed by atoms with Gasteiger partial charge in [0, 0.05) is 18.3 Å². The number of hydrogen-bond donors (Lipinski definition) is 7. The van der Waals surface area contributed by atoms with E-state index in [4.69, 9.17) is 5.73 Å². The minimum atomic E-state index is -1.34. The first-order chi connectivity index (χ1) is 15.5. The predicted molar refractivity (Wildman–Crippen MR) is 123 cm³/mol. The highest BCUT2D eigenvalue weighted by atomic mass is 32.2. The molecule has 0 bridgehead atoms. The lowest BCUT2D eigenvalue weighted by molar-refractivity contribution is -0.142. The number of aromatic nitrogens is 2. The van der Waals surface area contributed by atoms with E-state index in [2.05, 4.69) is 25.9 Å². The molecular weight excluding hydrogens is 452 g/mol. The van der Waals surface area contributed by atoms with Crippen molar-refractivity contribution in [3.05, 3.63) is 18.2 Å². The highest BCUT2D eigenvalue weighted by Crippen LogP contribution is 2.06. The Morgan fingerprint density at radius 1 is 1.09 bits per heavy atom. The van der Waals surface area contributed by atoms with Crippen molar-refractivity contribution in [1.82, 2.24) is 25.9 Å². The molecule has 1 aromatic heterocycles. The number of carbonyl (C=O) groups is 4. The molecule has 0 aliphatic rings. The zero-order valence-electron chi connectivity index (χ0n) is 19.2. The largest absolute Gasteiger partial charge is 0.480 e. The van der Waals surface area contributed by atoms with Crippen LogP contribution < -0.4 is 21.7 Å². The van der Waals surface area contributed by atoms with E-state index >= 15 is 0 Å². The standard InChI is InChI=1S/C20H34N6O6S/c1-10(2)15(21)18(29)26-16(11(3)27)19(30)24-13(5-6-33-4)17(28)25-14(20(31)32)7-12-8-22-9-23-12/h8-11,13-16,27H,5-7,21H2,1-4H3,(H,22,23)(H,24,30)(H,25,28)(H,26,29)(H,31,32). The van der Waals surface area contributed by atoms with E-state index in [-0.39, 0.29) is 18.8 Å². The van der Waals surface area contributed by atoms with E-state index in [0.29, 0.717) is 11.4 Å². The number of amides is 3. The number of nitrogens with two attached hydrogens (primary N) is 1. The summed E-state index contributed by atoms with van der Waals surface area (Å²) in [5.41, 5.74) is 6.33. The summed E-state index contributed by atoms with van der Waals surface area (Å²) >= 11 is 1.44. The van der Waals surface area contributed by atoms with Crippen molar-refractivity contribution in [2.75, 3.05) is 12.0 Å². The Morgan fingerprint density at radius 3 is 2.21 bits per heavy atom. The third kappa shape index (κ3) is 9.40. The lowest BCUT2D eigenvalue weighted by Gasteiger charge is -2.27. The third-order valence-corrected chi connectivity index (χ3v) is 5.56. The highest BCUT2D eigenvalue weighted by Gasteiger charge is 2.32. The fourth-order valence-electron chi connectivity index (χ4n) is 2.81. The Balaban J connectivity index is 2.93. The number of carbonyl (C=O) groups excluding carboxylic acids is 3. The van der Waals surface area contributed by atoms with Gasteiger partial charge in [0.2, 0.25) is 17.7 Å². The maximum absolute atomic E-state index is 12.8. The van der Waals surface area contributed by atoms with Gasteiger partial charge in [0.1, 0.15) is 18.1 Å². The van der Waals surface area contributed by atoms with E-state index in [0.717, 1.165) is 0 Å². The number of aliphatic hydroxyl groups excluding tert-OH is 1. The molecule has 8 N–H and O–H groups in total. The number of nitrogens with one attached hydrogen (secondary N) is 4. The van der Waals surface area contributed by atoms with Crippen LogP contribution in [0.3, 0.4) is 0 Å². The summed E-state index contributed by atoms with van der Waals surface area (Å²) in [5.74, 6) is -3.02. The van der Waals surface area contributed by atoms with Crippen LogP contribution in [0.2, 0.25) is 0 Å². The number of aliphatic carboxylic acids is 1. The molecule has 0 aromatic carbocycles. The second-order valence-electron chi connectivity index (χ2n) is 8.02. The summed E-state index contributed by atoms with van der Waals surface area (Å²) in [5, 5.41) is 26.9. The number of aliphatic hydroxyl groups is 1. The number of H-pyrrole nitrogens is 1. The van der Waals surface area contributed by atoms with Crippen LogP contribution in [0, 0.1) is 5.92 Å². The van der Waals surface area contributed by atoms with Crippen molar-refractivity contribution in [2.24, 2.45) is 11.7 Å². The van der Waals surface area contributed by atoms with E-state index < -0.39 is 54.0 Å². The fraction of sp³-hybridized carbons (Fsp3) is 0.650. The number of imidazole rings is 1. The summed E-state index contributed by atoms with van der Waals surface area (Å²) in [6.07, 6.45) is 3.59. The Morgan fingerprint density at radius 2 is 1.73 bits per heavy atom. The molecule has 0 saturated carbocycles. The SMILES string of the molecule is CSCCC(NC(=O)C(NC(=O)C(N)C(C)C)C(C)O)C(=O)NC(Cc1cnc[nH]1)C(=O)O. The van der Waals surface area contributed by atoms with Gasteiger partial charge in [-0.25, -0.2) is 9.78 Å². The summed E-state index contributed by atoms with van der Waals surface area (Å²) in [4.78, 5) is 56.2. The number of hydrogen-bond acceptors (Lipinski definition) is 8. The number of carboxylic acid groups (broad SMARTS) is 1. The van der Waals surface area contributed by atoms with Gasteiger partial charge < -0.3 is 36.9 Å². The van der Waals surface area contributed by atoms with Gasteiger partial charge in [-0.15, -0.1) is 0 Å². The quantitative estimate of drug-likeness (QED) is 0.165. The maximum Gasteiger partial charge on any atom is 0.326 e. The van der Waals surface area contributed by atoms with Crippen molar-refractivity contribution < 1.29 is 29.4 Å². The van der Waals surface area contributed by atoms with Gasteiger partial charge >= 0.3 is 5.97 Å². The second kappa shape index (κ2) is 13.8. The van der Waals surface area contributed by atoms with Crippen molar-refractivity contribution in [2.45, 2.75) is 63.9 Å². The second-order valence-corrected chi connectivity index (χ2v) is 9.01. The monoisotopic (exact) mass is 486 g/mol. The Labute approximate surface area is 196 Å². The molecule has 0 saturated heterocycles. The Hall–Kier alpha value is -2.64. The predicted octanol–water partition coefficient (Wildman–Crippen LogP) is -1.39. The van der Waals surface area contributed by atoms with Crippen LogP contribution in [0.25, 0.3) is 0 Å². The van der Waals surface area contributed by atoms with Gasteiger partial charge in [-0.2, -0.15) is 11.8 Å². The first kappa shape index (κ1) is 28.4. The molecule has 1 heterocycles. The molecule has 186 valence electrons. The minimum absolute atomic E-state index is 0.0241. The number of rotatable bonds is 14. The zero-order chi connectivity index (χ0) is 25.1. The molecule has 1 rings (SSSR count). The van der Waals surface area contributed by atoms with Gasteiger partial charge in [0.15, 0.2) is 0 Å². The molecule has 1 aromatic rings. The van der Waals surface area contributed by atoms with Gasteiger partial charge in [-0.05, 0) is 31.3 Å². The van der Waals surface area contributed by atoms with Crippen molar-refractivity contribution in [3.63, 3.8) is 0 Å². The van der Waals surface area contributed by atoms with E-state index in [1.165, 1.54) is 31.2 Å². The van der Waals surface area contributed by atoms with Crippen LogP contribution in [0.15, 0.2) is 12.5 Å². The van der Waals surface area contributed by atoms with Gasteiger partial charge in [-0.1, -0.05) is 13.8 Å². The van der Waals surface area contributed by atoms with Gasteiger partial charge in [0.05, 0.1) is 18.5 Å². The zero-order valence-corrected chi connectivity index (χ0v) is 20.0. The van der Waals surface area contributed by atoms with E-state index in [1.807, 2.05) is 6.26 Å². The summed E-state index contributed by atoms with van der Waals surface area (Å²) in [6.45, 7) is 4.81. The maximum atomic E-state index is 12.8. The molecule has 12 nitrogen and oxygen atoms in total. The number of aromatic amines is 1. The molecule has 3 amide bonds. The lowest BCUT2D eigenvalue weighted by atomic mass is 10.0. The van der Waals surface area contributed by atoms with Crippen LogP contribution in [0.1, 0.15) is 32.9 Å². The number of carboxylic acids is 1. The van der Waals surface area contributed by atoms with Gasteiger partial charge in [-0.3, -0.25) is 14.4 Å². The molecule has 5 atom stereocenters. The number of nitrogens with zero attached hydrogens (tertiary/aromatic N) is 1. The fourth-order valence-corrected chi connectivity index (χ4v) is 3.28. The lowest BCUT2D eigenvalue weighted by Crippen LogP contribution is -2.60. The molecule has 13 heteroatoms. The van der Waals surface area contributed by atoms with E-state index in [1.54, 1.807) is 13.8 Å². The Kier molecular flexibility index (Phi) is 11.9. The smallest absolute Gasteiger partial charge is 0.326 e. The van der Waals surface area contributed by atoms with Crippen molar-refractivity contribution >= 4 is 35.5 Å². The van der Waals surface area contributed by atoms with Crippen LogP contribution in [-0.4, -0.2) is 86.2 Å². The highest BCUT2D eigenvalue weighted by molar-refractivity contribution is 7.98. The topological polar surface area (TPSA) is 200 Å². The Bertz CT molecular complexity index is 788. The van der Waals surface area contributed by atoms with Crippen LogP contribution >= 0.6 is 11.8 Å². The molecule has 0 spiro atoms. The molecular formula is C20H34N6O6S. The molecule has 0 aliphatic carbocycles. The summed E-state index contributed by atoms with van der Waals surface area (Å²) in [6, 6.07) is -4.55. The molecule has 5 unspecified atom stereocenters. The van der Waals surface area contributed by atoms with Crippen LogP contribution in [0.5, 0.6) is 0 Å².